The standard InChI is InChI=1S/C26H17N3O/c1-29-21-15-13-19-22-18(12-14-20(23(21)22)27-26(29)30)24(16-8-4-2-5-9-16)28-25(19)17-10-6-3-7-11-17/h2-15H,1H3. The Kier molecular flexibility index (Phi) is 3.50. The zero-order valence-corrected chi connectivity index (χ0v) is 16.3. The van der Waals surface area contributed by atoms with Crippen LogP contribution in [-0.4, -0.2) is 14.5 Å². The van der Waals surface area contributed by atoms with Crippen molar-refractivity contribution in [3.63, 3.8) is 0 Å². The Labute approximate surface area is 172 Å². The van der Waals surface area contributed by atoms with Crippen LogP contribution >= 0.6 is 0 Å². The molecule has 0 aliphatic rings. The molecule has 2 aromatic heterocycles. The lowest BCUT2D eigenvalue weighted by atomic mass is 9.93. The molecule has 2 heterocycles. The van der Waals surface area contributed by atoms with Gasteiger partial charge in [0.15, 0.2) is 0 Å². The van der Waals surface area contributed by atoms with Crippen molar-refractivity contribution in [1.82, 2.24) is 14.5 Å². The minimum Gasteiger partial charge on any atom is -0.295 e. The summed E-state index contributed by atoms with van der Waals surface area (Å²) >= 11 is 0. The van der Waals surface area contributed by atoms with Crippen molar-refractivity contribution in [2.45, 2.75) is 0 Å². The van der Waals surface area contributed by atoms with Crippen molar-refractivity contribution in [2.24, 2.45) is 7.05 Å². The zero-order chi connectivity index (χ0) is 20.2. The topological polar surface area (TPSA) is 47.8 Å². The van der Waals surface area contributed by atoms with Gasteiger partial charge in [0, 0.05) is 39.7 Å². The van der Waals surface area contributed by atoms with Crippen LogP contribution in [0.5, 0.6) is 0 Å². The van der Waals surface area contributed by atoms with Crippen molar-refractivity contribution in [1.29, 1.82) is 0 Å². The second-order valence-electron chi connectivity index (χ2n) is 7.51. The largest absolute Gasteiger partial charge is 0.348 e. The molecule has 0 saturated carbocycles. The second kappa shape index (κ2) is 6.22. The van der Waals surface area contributed by atoms with Gasteiger partial charge in [0.25, 0.3) is 0 Å². The van der Waals surface area contributed by atoms with E-state index in [2.05, 4.69) is 35.3 Å². The summed E-state index contributed by atoms with van der Waals surface area (Å²) in [5.41, 5.74) is 5.35. The van der Waals surface area contributed by atoms with Gasteiger partial charge in [0.2, 0.25) is 0 Å². The maximum atomic E-state index is 12.4. The summed E-state index contributed by atoms with van der Waals surface area (Å²) in [7, 11) is 1.77. The molecule has 4 nitrogen and oxygen atoms in total. The lowest BCUT2D eigenvalue weighted by Gasteiger charge is -2.17. The van der Waals surface area contributed by atoms with Crippen LogP contribution in [0.25, 0.3) is 55.1 Å². The molecule has 0 fully saturated rings. The normalized spacial score (nSPS) is 11.6. The first-order chi connectivity index (χ1) is 14.7. The molecule has 0 aliphatic heterocycles. The molecule has 142 valence electrons. The number of rotatable bonds is 2. The van der Waals surface area contributed by atoms with Crippen LogP contribution in [0.15, 0.2) is 89.7 Å². The lowest BCUT2D eigenvalue weighted by molar-refractivity contribution is 0.862. The molecule has 0 saturated heterocycles. The van der Waals surface area contributed by atoms with E-state index in [1.54, 1.807) is 11.6 Å². The first-order valence-electron chi connectivity index (χ1n) is 9.89. The van der Waals surface area contributed by atoms with Crippen LogP contribution < -0.4 is 5.69 Å². The minimum absolute atomic E-state index is 0.245. The zero-order valence-electron chi connectivity index (χ0n) is 16.3. The summed E-state index contributed by atoms with van der Waals surface area (Å²) in [6.45, 7) is 0. The number of aryl methyl sites for hydroxylation is 1. The van der Waals surface area contributed by atoms with Crippen molar-refractivity contribution in [3.8, 4) is 22.5 Å². The van der Waals surface area contributed by atoms with Crippen LogP contribution in [0.1, 0.15) is 0 Å². The highest BCUT2D eigenvalue weighted by Gasteiger charge is 2.19. The van der Waals surface area contributed by atoms with E-state index >= 15 is 0 Å². The van der Waals surface area contributed by atoms with E-state index in [9.17, 15) is 4.79 Å². The highest BCUT2D eigenvalue weighted by atomic mass is 16.1. The van der Waals surface area contributed by atoms with Crippen molar-refractivity contribution < 1.29 is 0 Å². The summed E-state index contributed by atoms with van der Waals surface area (Å²) < 4.78 is 1.62. The molecule has 0 atom stereocenters. The third kappa shape index (κ3) is 2.31. The maximum Gasteiger partial charge on any atom is 0.348 e. The third-order valence-electron chi connectivity index (χ3n) is 5.81. The number of aromatic nitrogens is 3. The van der Waals surface area contributed by atoms with Gasteiger partial charge in [-0.25, -0.2) is 9.78 Å². The highest BCUT2D eigenvalue weighted by Crippen LogP contribution is 2.41. The van der Waals surface area contributed by atoms with Crippen LogP contribution in [0.3, 0.4) is 0 Å². The number of benzene rings is 4. The number of nitrogens with zero attached hydrogens (tertiary/aromatic N) is 3. The number of hydrogen-bond donors (Lipinski definition) is 0. The Hall–Kier alpha value is -4.05. The predicted molar refractivity (Wildman–Crippen MR) is 122 cm³/mol. The molecule has 0 amide bonds. The SMILES string of the molecule is Cn1c(=O)nc2ccc3c(-c4ccccc4)nc(-c4ccccc4)c4ccc1c2c34. The van der Waals surface area contributed by atoms with Crippen molar-refractivity contribution in [3.05, 3.63) is 95.4 Å². The van der Waals surface area contributed by atoms with E-state index in [4.69, 9.17) is 4.98 Å². The van der Waals surface area contributed by atoms with E-state index in [1.165, 1.54) is 0 Å². The molecule has 0 unspecified atom stereocenters. The van der Waals surface area contributed by atoms with Crippen LogP contribution in [0.2, 0.25) is 0 Å². The molecule has 30 heavy (non-hydrogen) atoms. The second-order valence-corrected chi connectivity index (χ2v) is 7.51. The van der Waals surface area contributed by atoms with E-state index in [0.717, 1.165) is 55.1 Å². The van der Waals surface area contributed by atoms with Gasteiger partial charge in [-0.3, -0.25) is 4.57 Å². The molecule has 6 rings (SSSR count). The van der Waals surface area contributed by atoms with Gasteiger partial charge in [-0.2, -0.15) is 4.98 Å². The molecular weight excluding hydrogens is 370 g/mol. The fourth-order valence-corrected chi connectivity index (χ4v) is 4.37. The molecular formula is C26H17N3O. The Morgan fingerprint density at radius 2 is 1.20 bits per heavy atom. The maximum absolute atomic E-state index is 12.4. The molecule has 0 bridgehead atoms. The monoisotopic (exact) mass is 387 g/mol. The van der Waals surface area contributed by atoms with Gasteiger partial charge < -0.3 is 0 Å². The third-order valence-corrected chi connectivity index (χ3v) is 5.81. The molecule has 4 heteroatoms. The van der Waals surface area contributed by atoms with Crippen LogP contribution in [-0.2, 0) is 7.05 Å². The van der Waals surface area contributed by atoms with Crippen LogP contribution in [0, 0.1) is 0 Å². The van der Waals surface area contributed by atoms with E-state index < -0.39 is 0 Å². The Morgan fingerprint density at radius 3 is 1.80 bits per heavy atom. The summed E-state index contributed by atoms with van der Waals surface area (Å²) in [6, 6.07) is 28.5. The summed E-state index contributed by atoms with van der Waals surface area (Å²) in [5.74, 6) is 0. The van der Waals surface area contributed by atoms with Crippen LogP contribution in [0.4, 0.5) is 0 Å². The smallest absolute Gasteiger partial charge is 0.295 e. The van der Waals surface area contributed by atoms with E-state index in [1.807, 2.05) is 54.6 Å². The summed E-state index contributed by atoms with van der Waals surface area (Å²) in [4.78, 5) is 21.8. The highest BCUT2D eigenvalue weighted by molar-refractivity contribution is 6.25. The van der Waals surface area contributed by atoms with Gasteiger partial charge in [0.1, 0.15) is 0 Å². The molecule has 0 N–H and O–H groups in total. The Morgan fingerprint density at radius 1 is 0.633 bits per heavy atom. The first kappa shape index (κ1) is 16.9. The molecule has 6 aromatic rings. The van der Waals surface area contributed by atoms with E-state index in [0.29, 0.717) is 0 Å². The Balaban J connectivity index is 1.88. The summed E-state index contributed by atoms with van der Waals surface area (Å²) in [6.07, 6.45) is 0. The molecule has 0 spiro atoms. The minimum atomic E-state index is -0.245. The molecule has 0 aliphatic carbocycles. The van der Waals surface area contributed by atoms with Gasteiger partial charge in [-0.15, -0.1) is 0 Å². The van der Waals surface area contributed by atoms with Gasteiger partial charge in [-0.05, 0) is 18.2 Å². The van der Waals surface area contributed by atoms with Gasteiger partial charge >= 0.3 is 5.69 Å². The van der Waals surface area contributed by atoms with Gasteiger partial charge in [0.05, 0.1) is 22.4 Å². The van der Waals surface area contributed by atoms with Crippen molar-refractivity contribution >= 4 is 32.6 Å². The molecule has 4 aromatic carbocycles. The number of hydrogen-bond acceptors (Lipinski definition) is 3. The average molecular weight is 387 g/mol. The quantitative estimate of drug-likeness (QED) is 0.373. The van der Waals surface area contributed by atoms with E-state index in [-0.39, 0.29) is 5.69 Å². The van der Waals surface area contributed by atoms with Gasteiger partial charge in [-0.1, -0.05) is 66.7 Å². The number of pyridine rings is 1. The fourth-order valence-electron chi connectivity index (χ4n) is 4.37. The average Bonchev–Trinajstić information content (AvgIpc) is 2.80. The van der Waals surface area contributed by atoms with Crippen molar-refractivity contribution in [2.75, 3.05) is 0 Å². The predicted octanol–water partition coefficient (Wildman–Crippen LogP) is 5.41. The Bertz CT molecular complexity index is 1540. The molecule has 0 radical (unpaired) electrons. The lowest BCUT2D eigenvalue weighted by Crippen LogP contribution is -2.20. The fraction of sp³-hybridized carbons (Fsp3) is 0.0385. The first-order valence-corrected chi connectivity index (χ1v) is 9.89. The summed E-state index contributed by atoms with van der Waals surface area (Å²) in [5, 5.41) is 4.23.